The molecule has 0 spiro atoms. The van der Waals surface area contributed by atoms with E-state index in [4.69, 9.17) is 8.83 Å². The van der Waals surface area contributed by atoms with Crippen molar-refractivity contribution < 1.29 is 8.83 Å². The van der Waals surface area contributed by atoms with Crippen LogP contribution < -0.4 is 5.63 Å². The van der Waals surface area contributed by atoms with E-state index in [9.17, 15) is 4.79 Å². The Labute approximate surface area is 120 Å². The fourth-order valence-electron chi connectivity index (χ4n) is 2.59. The molecule has 0 aliphatic heterocycles. The number of furan rings is 1. The van der Waals surface area contributed by atoms with Crippen LogP contribution in [0.5, 0.6) is 0 Å². The lowest BCUT2D eigenvalue weighted by Gasteiger charge is -2.02. The van der Waals surface area contributed by atoms with E-state index in [2.05, 4.69) is 0 Å². The minimum atomic E-state index is -0.337. The first-order valence-corrected chi connectivity index (χ1v) is 6.73. The first-order valence-electron chi connectivity index (χ1n) is 6.73. The molecule has 4 aromatic rings. The standard InChI is InChI=1S/C18H12O3/c1-11-10-20-17-9-16-13(7-14(11)17)8-15(18(19)21-16)12-5-3-2-4-6-12/h2-10H,1H3. The van der Waals surface area contributed by atoms with Crippen molar-refractivity contribution in [2.75, 3.05) is 0 Å². The molecule has 0 saturated carbocycles. The van der Waals surface area contributed by atoms with Gasteiger partial charge in [0.2, 0.25) is 0 Å². The maximum Gasteiger partial charge on any atom is 0.344 e. The largest absolute Gasteiger partial charge is 0.464 e. The third-order valence-electron chi connectivity index (χ3n) is 3.71. The summed E-state index contributed by atoms with van der Waals surface area (Å²) in [5.74, 6) is 0. The zero-order valence-corrected chi connectivity index (χ0v) is 11.4. The van der Waals surface area contributed by atoms with E-state index in [1.165, 1.54) is 0 Å². The molecular formula is C18H12O3. The van der Waals surface area contributed by atoms with E-state index in [-0.39, 0.29) is 5.63 Å². The Kier molecular flexibility index (Phi) is 2.48. The topological polar surface area (TPSA) is 43.4 Å². The Morgan fingerprint density at radius 2 is 1.76 bits per heavy atom. The van der Waals surface area contributed by atoms with Gasteiger partial charge in [0.1, 0.15) is 11.2 Å². The molecule has 2 aromatic heterocycles. The quantitative estimate of drug-likeness (QED) is 0.480. The van der Waals surface area contributed by atoms with Crippen molar-refractivity contribution >= 4 is 21.9 Å². The summed E-state index contributed by atoms with van der Waals surface area (Å²) in [6, 6.07) is 15.2. The molecule has 0 radical (unpaired) electrons. The van der Waals surface area contributed by atoms with Crippen LogP contribution in [0.3, 0.4) is 0 Å². The molecule has 4 rings (SSSR count). The summed E-state index contributed by atoms with van der Waals surface area (Å²) in [5, 5.41) is 1.93. The van der Waals surface area contributed by atoms with Crippen LogP contribution in [0.15, 0.2) is 68.4 Å². The summed E-state index contributed by atoms with van der Waals surface area (Å²) in [6.07, 6.45) is 1.71. The highest BCUT2D eigenvalue weighted by molar-refractivity contribution is 5.95. The van der Waals surface area contributed by atoms with Crippen LogP contribution in [0.25, 0.3) is 33.1 Å². The number of fused-ring (bicyclic) bond motifs is 2. The van der Waals surface area contributed by atoms with Gasteiger partial charge in [0.05, 0.1) is 11.8 Å². The van der Waals surface area contributed by atoms with Gasteiger partial charge >= 0.3 is 5.63 Å². The summed E-state index contributed by atoms with van der Waals surface area (Å²) in [4.78, 5) is 12.2. The lowest BCUT2D eigenvalue weighted by Crippen LogP contribution is -2.02. The molecule has 21 heavy (non-hydrogen) atoms. The molecule has 2 heterocycles. The second-order valence-electron chi connectivity index (χ2n) is 5.12. The Balaban J connectivity index is 2.06. The molecule has 0 bridgehead atoms. The van der Waals surface area contributed by atoms with E-state index in [1.54, 1.807) is 12.3 Å². The molecule has 3 heteroatoms. The normalized spacial score (nSPS) is 11.3. The smallest absolute Gasteiger partial charge is 0.344 e. The molecule has 3 nitrogen and oxygen atoms in total. The Morgan fingerprint density at radius 1 is 0.952 bits per heavy atom. The minimum absolute atomic E-state index is 0.337. The average Bonchev–Trinajstić information content (AvgIpc) is 2.86. The van der Waals surface area contributed by atoms with E-state index >= 15 is 0 Å². The van der Waals surface area contributed by atoms with Gasteiger partial charge < -0.3 is 8.83 Å². The Hall–Kier alpha value is -2.81. The fraction of sp³-hybridized carbons (Fsp3) is 0.0556. The van der Waals surface area contributed by atoms with Crippen molar-refractivity contribution in [1.29, 1.82) is 0 Å². The molecule has 0 unspecified atom stereocenters. The number of aryl methyl sites for hydroxylation is 1. The molecule has 2 aromatic carbocycles. The van der Waals surface area contributed by atoms with Crippen LogP contribution >= 0.6 is 0 Å². The molecule has 0 aliphatic rings. The molecule has 0 amide bonds. The SMILES string of the molecule is Cc1coc2cc3oc(=O)c(-c4ccccc4)cc3cc12. The van der Waals surface area contributed by atoms with Crippen LogP contribution in [0.2, 0.25) is 0 Å². The Morgan fingerprint density at radius 3 is 2.57 bits per heavy atom. The molecule has 0 N–H and O–H groups in total. The average molecular weight is 276 g/mol. The zero-order chi connectivity index (χ0) is 14.4. The van der Waals surface area contributed by atoms with Crippen LogP contribution in [0.1, 0.15) is 5.56 Å². The van der Waals surface area contributed by atoms with Crippen molar-refractivity contribution in [2.24, 2.45) is 0 Å². The molecule has 0 saturated heterocycles. The van der Waals surface area contributed by atoms with Crippen LogP contribution in [0, 0.1) is 6.92 Å². The van der Waals surface area contributed by atoms with E-state index in [1.807, 2.05) is 49.4 Å². The van der Waals surface area contributed by atoms with Gasteiger partial charge in [0, 0.05) is 16.8 Å². The zero-order valence-electron chi connectivity index (χ0n) is 11.4. The van der Waals surface area contributed by atoms with Gasteiger partial charge in [0.25, 0.3) is 0 Å². The monoisotopic (exact) mass is 276 g/mol. The molecule has 0 atom stereocenters. The van der Waals surface area contributed by atoms with Gasteiger partial charge in [-0.1, -0.05) is 30.3 Å². The maximum absolute atomic E-state index is 12.2. The minimum Gasteiger partial charge on any atom is -0.464 e. The Bertz CT molecular complexity index is 1010. The number of rotatable bonds is 1. The van der Waals surface area contributed by atoms with Crippen LogP contribution in [-0.2, 0) is 0 Å². The van der Waals surface area contributed by atoms with E-state index in [0.29, 0.717) is 11.1 Å². The van der Waals surface area contributed by atoms with Gasteiger partial charge in [-0.2, -0.15) is 0 Å². The lowest BCUT2D eigenvalue weighted by atomic mass is 10.0. The molecule has 0 aliphatic carbocycles. The van der Waals surface area contributed by atoms with Crippen molar-refractivity contribution in [1.82, 2.24) is 0 Å². The van der Waals surface area contributed by atoms with Gasteiger partial charge in [-0.05, 0) is 30.2 Å². The van der Waals surface area contributed by atoms with Crippen molar-refractivity contribution in [2.45, 2.75) is 6.92 Å². The third kappa shape index (κ3) is 1.86. The van der Waals surface area contributed by atoms with Crippen LogP contribution in [0.4, 0.5) is 0 Å². The fourth-order valence-corrected chi connectivity index (χ4v) is 2.59. The third-order valence-corrected chi connectivity index (χ3v) is 3.71. The molecular weight excluding hydrogens is 264 g/mol. The predicted octanol–water partition coefficient (Wildman–Crippen LogP) is 4.51. The van der Waals surface area contributed by atoms with Crippen LogP contribution in [-0.4, -0.2) is 0 Å². The van der Waals surface area contributed by atoms with Gasteiger partial charge in [0.15, 0.2) is 0 Å². The summed E-state index contributed by atoms with van der Waals surface area (Å²) >= 11 is 0. The highest BCUT2D eigenvalue weighted by Gasteiger charge is 2.10. The first-order chi connectivity index (χ1) is 10.2. The highest BCUT2D eigenvalue weighted by atomic mass is 16.4. The van der Waals surface area contributed by atoms with Gasteiger partial charge in [-0.3, -0.25) is 0 Å². The van der Waals surface area contributed by atoms with Gasteiger partial charge in [-0.15, -0.1) is 0 Å². The van der Waals surface area contributed by atoms with E-state index in [0.717, 1.165) is 27.5 Å². The number of hydrogen-bond donors (Lipinski definition) is 0. The highest BCUT2D eigenvalue weighted by Crippen LogP contribution is 2.28. The van der Waals surface area contributed by atoms with Crippen molar-refractivity contribution in [3.8, 4) is 11.1 Å². The molecule has 102 valence electrons. The lowest BCUT2D eigenvalue weighted by molar-refractivity contribution is 0.561. The maximum atomic E-state index is 12.2. The summed E-state index contributed by atoms with van der Waals surface area (Å²) in [5.41, 5.74) is 3.44. The van der Waals surface area contributed by atoms with Crippen molar-refractivity contribution in [3.63, 3.8) is 0 Å². The van der Waals surface area contributed by atoms with Crippen molar-refractivity contribution in [3.05, 3.63) is 70.8 Å². The molecule has 0 fully saturated rings. The number of hydrogen-bond acceptors (Lipinski definition) is 3. The second-order valence-corrected chi connectivity index (χ2v) is 5.12. The number of benzene rings is 2. The van der Waals surface area contributed by atoms with E-state index < -0.39 is 0 Å². The summed E-state index contributed by atoms with van der Waals surface area (Å²) in [6.45, 7) is 1.99. The first kappa shape index (κ1) is 12.0. The summed E-state index contributed by atoms with van der Waals surface area (Å²) < 4.78 is 10.9. The van der Waals surface area contributed by atoms with Gasteiger partial charge in [-0.25, -0.2) is 4.79 Å². The predicted molar refractivity (Wildman–Crippen MR) is 82.4 cm³/mol. The summed E-state index contributed by atoms with van der Waals surface area (Å²) in [7, 11) is 0. The second kappa shape index (κ2) is 4.35.